The lowest BCUT2D eigenvalue weighted by atomic mass is 9.99. The van der Waals surface area contributed by atoms with Crippen LogP contribution in [0.3, 0.4) is 0 Å². The highest BCUT2D eigenvalue weighted by atomic mass is 16.4. The molecular formula is C16H17NO4. The molecule has 0 bridgehead atoms. The highest BCUT2D eigenvalue weighted by molar-refractivity contribution is 6.05. The minimum Gasteiger partial charge on any atom is -0.478 e. The first-order valence-corrected chi connectivity index (χ1v) is 6.80. The molecule has 1 aromatic carbocycles. The third-order valence-electron chi connectivity index (χ3n) is 3.50. The van der Waals surface area contributed by atoms with E-state index in [0.717, 1.165) is 0 Å². The molecule has 5 nitrogen and oxygen atoms in total. The molecule has 1 heterocycles. The van der Waals surface area contributed by atoms with Gasteiger partial charge in [-0.25, -0.2) is 9.59 Å². The lowest BCUT2D eigenvalue weighted by Gasteiger charge is -2.07. The number of aromatic nitrogens is 1. The smallest absolute Gasteiger partial charge is 0.353 e. The SMILES string of the molecule is CCc1c(C(=O)O)c(-c2ccccc2)c(C(=O)O)n1CC. The van der Waals surface area contributed by atoms with Gasteiger partial charge in [0.1, 0.15) is 5.69 Å². The van der Waals surface area contributed by atoms with E-state index in [-0.39, 0.29) is 16.8 Å². The van der Waals surface area contributed by atoms with Crippen LogP contribution in [0, 0.1) is 0 Å². The number of nitrogens with zero attached hydrogens (tertiary/aromatic N) is 1. The number of carbonyl (C=O) groups is 2. The molecule has 110 valence electrons. The summed E-state index contributed by atoms with van der Waals surface area (Å²) in [7, 11) is 0. The summed E-state index contributed by atoms with van der Waals surface area (Å²) in [5, 5.41) is 19.1. The zero-order valence-corrected chi connectivity index (χ0v) is 12.0. The van der Waals surface area contributed by atoms with Crippen LogP contribution in [-0.2, 0) is 13.0 Å². The number of benzene rings is 1. The average Bonchev–Trinajstić information content (AvgIpc) is 2.82. The highest BCUT2D eigenvalue weighted by Crippen LogP contribution is 2.33. The standard InChI is InChI=1S/C16H17NO4/c1-3-11-13(15(18)19)12(10-8-6-5-7-9-10)14(16(20)21)17(11)4-2/h5-9H,3-4H2,1-2H3,(H,18,19)(H,20,21). The molecule has 21 heavy (non-hydrogen) atoms. The summed E-state index contributed by atoms with van der Waals surface area (Å²) < 4.78 is 1.58. The molecule has 0 atom stereocenters. The van der Waals surface area contributed by atoms with Crippen molar-refractivity contribution in [3.63, 3.8) is 0 Å². The van der Waals surface area contributed by atoms with E-state index in [1.807, 2.05) is 19.9 Å². The van der Waals surface area contributed by atoms with Crippen LogP contribution in [0.25, 0.3) is 11.1 Å². The lowest BCUT2D eigenvalue weighted by molar-refractivity contribution is 0.0681. The normalized spacial score (nSPS) is 10.6. The molecule has 1 aromatic heterocycles. The van der Waals surface area contributed by atoms with E-state index >= 15 is 0 Å². The Labute approximate surface area is 122 Å². The quantitative estimate of drug-likeness (QED) is 0.885. The van der Waals surface area contributed by atoms with Crippen molar-refractivity contribution in [2.75, 3.05) is 0 Å². The fraction of sp³-hybridized carbons (Fsp3) is 0.250. The topological polar surface area (TPSA) is 79.5 Å². The van der Waals surface area contributed by atoms with Gasteiger partial charge in [-0.1, -0.05) is 37.3 Å². The van der Waals surface area contributed by atoms with Gasteiger partial charge in [0.15, 0.2) is 0 Å². The molecule has 2 rings (SSSR count). The van der Waals surface area contributed by atoms with E-state index in [9.17, 15) is 19.8 Å². The van der Waals surface area contributed by atoms with E-state index in [4.69, 9.17) is 0 Å². The Morgan fingerprint density at radius 2 is 1.67 bits per heavy atom. The van der Waals surface area contributed by atoms with Crippen molar-refractivity contribution in [1.29, 1.82) is 0 Å². The van der Waals surface area contributed by atoms with Gasteiger partial charge in [0, 0.05) is 17.8 Å². The summed E-state index contributed by atoms with van der Waals surface area (Å²) >= 11 is 0. The van der Waals surface area contributed by atoms with Crippen LogP contribution >= 0.6 is 0 Å². The van der Waals surface area contributed by atoms with Crippen molar-refractivity contribution in [2.24, 2.45) is 0 Å². The maximum absolute atomic E-state index is 11.7. The van der Waals surface area contributed by atoms with Gasteiger partial charge < -0.3 is 14.8 Å². The van der Waals surface area contributed by atoms with Crippen LogP contribution in [0.5, 0.6) is 0 Å². The zero-order chi connectivity index (χ0) is 15.6. The van der Waals surface area contributed by atoms with Crippen LogP contribution in [0.1, 0.15) is 40.4 Å². The molecule has 2 aromatic rings. The van der Waals surface area contributed by atoms with Crippen molar-refractivity contribution in [3.05, 3.63) is 47.3 Å². The van der Waals surface area contributed by atoms with Crippen molar-refractivity contribution < 1.29 is 19.8 Å². The second-order valence-electron chi connectivity index (χ2n) is 4.62. The van der Waals surface area contributed by atoms with Crippen molar-refractivity contribution in [2.45, 2.75) is 26.8 Å². The summed E-state index contributed by atoms with van der Waals surface area (Å²) in [6.07, 6.45) is 0.461. The van der Waals surface area contributed by atoms with Crippen molar-refractivity contribution in [3.8, 4) is 11.1 Å². The highest BCUT2D eigenvalue weighted by Gasteiger charge is 2.29. The largest absolute Gasteiger partial charge is 0.478 e. The van der Waals surface area contributed by atoms with Crippen LogP contribution < -0.4 is 0 Å². The molecular weight excluding hydrogens is 270 g/mol. The third kappa shape index (κ3) is 2.42. The number of rotatable bonds is 5. The molecule has 2 N–H and O–H groups in total. The molecule has 0 radical (unpaired) electrons. The predicted octanol–water partition coefficient (Wildman–Crippen LogP) is 3.13. The second-order valence-corrected chi connectivity index (χ2v) is 4.62. The van der Waals surface area contributed by atoms with E-state index in [1.165, 1.54) is 0 Å². The summed E-state index contributed by atoms with van der Waals surface area (Å²) in [6, 6.07) is 8.80. The lowest BCUT2D eigenvalue weighted by Crippen LogP contribution is -2.10. The maximum Gasteiger partial charge on any atom is 0.353 e. The first-order chi connectivity index (χ1) is 10.0. The third-order valence-corrected chi connectivity index (χ3v) is 3.50. The van der Waals surface area contributed by atoms with Crippen LogP contribution in [0.2, 0.25) is 0 Å². The van der Waals surface area contributed by atoms with Gasteiger partial charge in [-0.05, 0) is 18.9 Å². The summed E-state index contributed by atoms with van der Waals surface area (Å²) in [6.45, 7) is 4.05. The molecule has 5 heteroatoms. The molecule has 0 spiro atoms. The Morgan fingerprint density at radius 1 is 1.05 bits per heavy atom. The molecule has 0 fully saturated rings. The van der Waals surface area contributed by atoms with Crippen molar-refractivity contribution >= 4 is 11.9 Å². The fourth-order valence-corrected chi connectivity index (χ4v) is 2.72. The minimum absolute atomic E-state index is 0.0398. The first-order valence-electron chi connectivity index (χ1n) is 6.80. The van der Waals surface area contributed by atoms with Crippen LogP contribution in [-0.4, -0.2) is 26.7 Å². The Kier molecular flexibility index (Phi) is 4.12. The van der Waals surface area contributed by atoms with E-state index in [2.05, 4.69) is 0 Å². The predicted molar refractivity (Wildman–Crippen MR) is 78.8 cm³/mol. The first kappa shape index (κ1) is 14.8. The number of aromatic carboxylic acids is 2. The Hall–Kier alpha value is -2.56. The zero-order valence-electron chi connectivity index (χ0n) is 12.0. The van der Waals surface area contributed by atoms with E-state index in [1.54, 1.807) is 28.8 Å². The molecule has 0 aliphatic carbocycles. The van der Waals surface area contributed by atoms with Gasteiger partial charge in [-0.2, -0.15) is 0 Å². The van der Waals surface area contributed by atoms with Gasteiger partial charge in [-0.15, -0.1) is 0 Å². The number of hydrogen-bond acceptors (Lipinski definition) is 2. The summed E-state index contributed by atoms with van der Waals surface area (Å²) in [4.78, 5) is 23.3. The minimum atomic E-state index is -1.11. The van der Waals surface area contributed by atoms with Gasteiger partial charge in [-0.3, -0.25) is 0 Å². The molecule has 0 aliphatic heterocycles. The Bertz CT molecular complexity index is 647. The van der Waals surface area contributed by atoms with Crippen LogP contribution in [0.4, 0.5) is 0 Å². The number of carboxylic acid groups (broad SMARTS) is 2. The van der Waals surface area contributed by atoms with Gasteiger partial charge in [0.2, 0.25) is 0 Å². The van der Waals surface area contributed by atoms with Gasteiger partial charge >= 0.3 is 11.9 Å². The summed E-state index contributed by atoms with van der Waals surface area (Å²) in [5.41, 5.74) is 1.56. The molecule has 0 saturated carbocycles. The average molecular weight is 287 g/mol. The van der Waals surface area contributed by atoms with Crippen molar-refractivity contribution in [1.82, 2.24) is 4.57 Å². The Morgan fingerprint density at radius 3 is 2.10 bits per heavy atom. The van der Waals surface area contributed by atoms with Gasteiger partial charge in [0.25, 0.3) is 0 Å². The molecule has 0 amide bonds. The fourth-order valence-electron chi connectivity index (χ4n) is 2.72. The molecule has 0 unspecified atom stereocenters. The molecule has 0 saturated heterocycles. The second kappa shape index (κ2) is 5.83. The monoisotopic (exact) mass is 287 g/mol. The van der Waals surface area contributed by atoms with E-state index < -0.39 is 11.9 Å². The molecule has 0 aliphatic rings. The van der Waals surface area contributed by atoms with Gasteiger partial charge in [0.05, 0.1) is 5.56 Å². The summed E-state index contributed by atoms with van der Waals surface area (Å²) in [5.74, 6) is -2.21. The van der Waals surface area contributed by atoms with Crippen LogP contribution in [0.15, 0.2) is 30.3 Å². The number of carboxylic acids is 2. The van der Waals surface area contributed by atoms with E-state index in [0.29, 0.717) is 24.2 Å². The number of hydrogen-bond donors (Lipinski definition) is 2. The Balaban J connectivity index is 2.92. The maximum atomic E-state index is 11.7.